The van der Waals surface area contributed by atoms with Crippen molar-refractivity contribution in [3.05, 3.63) is 35.9 Å². The molecule has 0 fully saturated rings. The van der Waals surface area contributed by atoms with E-state index < -0.39 is 11.6 Å². The molecule has 0 aliphatic rings. The molecule has 4 N–H and O–H groups in total. The molecule has 0 bridgehead atoms. The summed E-state index contributed by atoms with van der Waals surface area (Å²) in [6, 6.07) is 9.39. The highest BCUT2D eigenvalue weighted by molar-refractivity contribution is 5.79. The van der Waals surface area contributed by atoms with Crippen molar-refractivity contribution in [3.63, 3.8) is 0 Å². The van der Waals surface area contributed by atoms with Gasteiger partial charge in [-0.25, -0.2) is 4.79 Å². The number of carbonyl (C=O) groups is 1. The van der Waals surface area contributed by atoms with Gasteiger partial charge >= 0.3 is 5.97 Å². The van der Waals surface area contributed by atoms with Crippen LogP contribution in [0.3, 0.4) is 0 Å². The molecule has 4 heteroatoms. The average Bonchev–Trinajstić information content (AvgIpc) is 2.27. The maximum Gasteiger partial charge on any atom is 0.341 e. The van der Waals surface area contributed by atoms with E-state index >= 15 is 0 Å². The number of benzene rings is 1. The van der Waals surface area contributed by atoms with Crippen molar-refractivity contribution in [3.8, 4) is 0 Å². The van der Waals surface area contributed by atoms with Crippen molar-refractivity contribution < 1.29 is 9.53 Å². The van der Waals surface area contributed by atoms with E-state index in [-0.39, 0.29) is 6.61 Å². The highest BCUT2D eigenvalue weighted by atomic mass is 16.5. The minimum atomic E-state index is -1.38. The zero-order valence-corrected chi connectivity index (χ0v) is 8.77. The fourth-order valence-electron chi connectivity index (χ4n) is 1.00. The van der Waals surface area contributed by atoms with Crippen LogP contribution in [0, 0.1) is 0 Å². The Labute approximate surface area is 89.2 Å². The number of carbonyl (C=O) groups excluding carboxylic acids is 1. The first-order chi connectivity index (χ1) is 7.06. The summed E-state index contributed by atoms with van der Waals surface area (Å²) in [5.41, 5.74) is 10.6. The minimum absolute atomic E-state index is 0.204. The predicted molar refractivity (Wildman–Crippen MR) is 57.6 cm³/mol. The van der Waals surface area contributed by atoms with Crippen LogP contribution in [0.1, 0.15) is 18.9 Å². The molecule has 0 atom stereocenters. The SMILES string of the molecule is CCC(N)(N)C(=O)OCc1ccccc1. The maximum absolute atomic E-state index is 11.4. The number of rotatable bonds is 4. The second-order valence-electron chi connectivity index (χ2n) is 3.46. The van der Waals surface area contributed by atoms with E-state index in [2.05, 4.69) is 0 Å². The summed E-state index contributed by atoms with van der Waals surface area (Å²) in [6.45, 7) is 1.94. The van der Waals surface area contributed by atoms with Gasteiger partial charge in [-0.3, -0.25) is 0 Å². The minimum Gasteiger partial charge on any atom is -0.458 e. The lowest BCUT2D eigenvalue weighted by Gasteiger charge is -2.20. The Morgan fingerprint density at radius 3 is 2.47 bits per heavy atom. The summed E-state index contributed by atoms with van der Waals surface area (Å²) in [7, 11) is 0. The van der Waals surface area contributed by atoms with Crippen LogP contribution in [0.15, 0.2) is 30.3 Å². The molecule has 0 amide bonds. The second kappa shape index (κ2) is 4.91. The summed E-state index contributed by atoms with van der Waals surface area (Å²) >= 11 is 0. The quantitative estimate of drug-likeness (QED) is 0.565. The lowest BCUT2D eigenvalue weighted by atomic mass is 10.1. The number of esters is 1. The van der Waals surface area contributed by atoms with Gasteiger partial charge in [0.2, 0.25) is 0 Å². The van der Waals surface area contributed by atoms with Crippen LogP contribution >= 0.6 is 0 Å². The largest absolute Gasteiger partial charge is 0.458 e. The summed E-state index contributed by atoms with van der Waals surface area (Å²) in [6.07, 6.45) is 0.348. The lowest BCUT2D eigenvalue weighted by molar-refractivity contribution is -0.151. The van der Waals surface area contributed by atoms with Crippen LogP contribution in [0.2, 0.25) is 0 Å². The van der Waals surface area contributed by atoms with Crippen LogP contribution in [-0.4, -0.2) is 11.6 Å². The summed E-state index contributed by atoms with van der Waals surface area (Å²) in [5.74, 6) is -0.575. The first-order valence-corrected chi connectivity index (χ1v) is 4.85. The second-order valence-corrected chi connectivity index (χ2v) is 3.46. The van der Waals surface area contributed by atoms with Crippen LogP contribution in [-0.2, 0) is 16.1 Å². The zero-order valence-electron chi connectivity index (χ0n) is 8.77. The molecular weight excluding hydrogens is 192 g/mol. The standard InChI is InChI=1S/C11H16N2O2/c1-2-11(12,13)10(14)15-8-9-6-4-3-5-7-9/h3-7H,2,8,12-13H2,1H3. The summed E-state index contributed by atoms with van der Waals surface area (Å²) in [5, 5.41) is 0. The van der Waals surface area contributed by atoms with E-state index in [0.29, 0.717) is 6.42 Å². The molecule has 0 aromatic heterocycles. The molecule has 0 saturated heterocycles. The molecule has 0 heterocycles. The molecule has 1 aromatic rings. The normalized spacial score (nSPS) is 11.1. The Morgan fingerprint density at radius 2 is 1.93 bits per heavy atom. The Hall–Kier alpha value is -1.39. The van der Waals surface area contributed by atoms with Gasteiger partial charge in [0.1, 0.15) is 6.61 Å². The third-order valence-electron chi connectivity index (χ3n) is 2.18. The van der Waals surface area contributed by atoms with Crippen molar-refractivity contribution in [2.75, 3.05) is 0 Å². The zero-order chi connectivity index (χ0) is 11.3. The van der Waals surface area contributed by atoms with Crippen molar-refractivity contribution in [2.24, 2.45) is 11.5 Å². The van der Waals surface area contributed by atoms with Gasteiger partial charge in [-0.2, -0.15) is 0 Å². The van der Waals surface area contributed by atoms with Gasteiger partial charge in [-0.05, 0) is 12.0 Å². The van der Waals surface area contributed by atoms with Gasteiger partial charge in [-0.15, -0.1) is 0 Å². The molecule has 82 valence electrons. The van der Waals surface area contributed by atoms with Crippen LogP contribution in [0.25, 0.3) is 0 Å². The highest BCUT2D eigenvalue weighted by Crippen LogP contribution is 2.05. The van der Waals surface area contributed by atoms with Crippen molar-refractivity contribution in [1.29, 1.82) is 0 Å². The highest BCUT2D eigenvalue weighted by Gasteiger charge is 2.28. The lowest BCUT2D eigenvalue weighted by Crippen LogP contribution is -2.56. The van der Waals surface area contributed by atoms with Crippen molar-refractivity contribution in [1.82, 2.24) is 0 Å². The van der Waals surface area contributed by atoms with E-state index in [0.717, 1.165) is 5.56 Å². The average molecular weight is 208 g/mol. The first-order valence-electron chi connectivity index (χ1n) is 4.85. The van der Waals surface area contributed by atoms with Crippen molar-refractivity contribution in [2.45, 2.75) is 25.6 Å². The molecule has 1 aromatic carbocycles. The number of ether oxygens (including phenoxy) is 1. The molecule has 1 rings (SSSR count). The number of hydrogen-bond donors (Lipinski definition) is 2. The molecule has 15 heavy (non-hydrogen) atoms. The Balaban J connectivity index is 2.48. The van der Waals surface area contributed by atoms with Gasteiger partial charge in [0.05, 0.1) is 0 Å². The molecule has 0 aliphatic heterocycles. The van der Waals surface area contributed by atoms with E-state index in [4.69, 9.17) is 16.2 Å². The third-order valence-corrected chi connectivity index (χ3v) is 2.18. The fourth-order valence-corrected chi connectivity index (χ4v) is 1.00. The van der Waals surface area contributed by atoms with Gasteiger partial charge in [0.15, 0.2) is 5.66 Å². The molecular formula is C11H16N2O2. The van der Waals surface area contributed by atoms with E-state index in [1.165, 1.54) is 0 Å². The molecule has 0 radical (unpaired) electrons. The van der Waals surface area contributed by atoms with E-state index in [9.17, 15) is 4.79 Å². The van der Waals surface area contributed by atoms with Gasteiger partial charge < -0.3 is 16.2 Å². The fraction of sp³-hybridized carbons (Fsp3) is 0.364. The summed E-state index contributed by atoms with van der Waals surface area (Å²) < 4.78 is 4.99. The Bertz CT molecular complexity index is 323. The van der Waals surface area contributed by atoms with Crippen LogP contribution in [0.4, 0.5) is 0 Å². The van der Waals surface area contributed by atoms with Crippen LogP contribution < -0.4 is 11.5 Å². The number of hydrogen-bond acceptors (Lipinski definition) is 4. The Morgan fingerprint density at radius 1 is 1.33 bits per heavy atom. The molecule has 4 nitrogen and oxygen atoms in total. The monoisotopic (exact) mass is 208 g/mol. The van der Waals surface area contributed by atoms with Gasteiger partial charge in [0, 0.05) is 0 Å². The first kappa shape index (κ1) is 11.7. The topological polar surface area (TPSA) is 78.3 Å². The smallest absolute Gasteiger partial charge is 0.341 e. The number of nitrogens with two attached hydrogens (primary N) is 2. The molecule has 0 unspecified atom stereocenters. The third kappa shape index (κ3) is 3.34. The van der Waals surface area contributed by atoms with E-state index in [1.54, 1.807) is 6.92 Å². The Kier molecular flexibility index (Phi) is 3.82. The summed E-state index contributed by atoms with van der Waals surface area (Å²) in [4.78, 5) is 11.4. The maximum atomic E-state index is 11.4. The molecule has 0 saturated carbocycles. The molecule has 0 aliphatic carbocycles. The van der Waals surface area contributed by atoms with Crippen LogP contribution in [0.5, 0.6) is 0 Å². The van der Waals surface area contributed by atoms with Gasteiger partial charge in [-0.1, -0.05) is 37.3 Å². The van der Waals surface area contributed by atoms with E-state index in [1.807, 2.05) is 30.3 Å². The predicted octanol–water partition coefficient (Wildman–Crippen LogP) is 0.753. The molecule has 0 spiro atoms. The van der Waals surface area contributed by atoms with Gasteiger partial charge in [0.25, 0.3) is 0 Å². The van der Waals surface area contributed by atoms with Crippen molar-refractivity contribution >= 4 is 5.97 Å².